The van der Waals surface area contributed by atoms with E-state index in [1.807, 2.05) is 0 Å². The van der Waals surface area contributed by atoms with Crippen LogP contribution in [0.4, 0.5) is 0 Å². The van der Waals surface area contributed by atoms with Crippen LogP contribution in [-0.2, 0) is 4.43 Å². The fourth-order valence-electron chi connectivity index (χ4n) is 3.28. The van der Waals surface area contributed by atoms with Crippen LogP contribution in [0.1, 0.15) is 27.7 Å². The summed E-state index contributed by atoms with van der Waals surface area (Å²) in [5, 5.41) is 2.66. The third-order valence-electron chi connectivity index (χ3n) is 4.39. The van der Waals surface area contributed by atoms with Gasteiger partial charge in [-0.2, -0.15) is 0 Å². The van der Waals surface area contributed by atoms with Crippen LogP contribution < -0.4 is 10.4 Å². The van der Waals surface area contributed by atoms with Gasteiger partial charge < -0.3 is 4.43 Å². The molecule has 0 aliphatic heterocycles. The van der Waals surface area contributed by atoms with Crippen LogP contribution in [0.15, 0.2) is 70.1 Å². The zero-order valence-electron chi connectivity index (χ0n) is 15.3. The monoisotopic (exact) mass is 480 g/mol. The SMILES string of the molecule is C[C@@H](C=C(Br)Br)CO[Si](c1ccccc1)(c1ccccc1)C(C)(C)C. The highest BCUT2D eigenvalue weighted by Gasteiger charge is 2.50. The average Bonchev–Trinajstić information content (AvgIpc) is 2.55. The van der Waals surface area contributed by atoms with Crippen molar-refractivity contribution in [1.29, 1.82) is 0 Å². The molecular weight excluding hydrogens is 456 g/mol. The number of hydrogen-bond acceptors (Lipinski definition) is 1. The van der Waals surface area contributed by atoms with Gasteiger partial charge in [0.1, 0.15) is 0 Å². The highest BCUT2D eigenvalue weighted by molar-refractivity contribution is 9.28. The van der Waals surface area contributed by atoms with Crippen LogP contribution >= 0.6 is 31.9 Å². The molecule has 0 saturated heterocycles. The van der Waals surface area contributed by atoms with Crippen molar-refractivity contribution in [2.45, 2.75) is 32.7 Å². The lowest BCUT2D eigenvalue weighted by Gasteiger charge is -2.43. The lowest BCUT2D eigenvalue weighted by atomic mass is 10.2. The zero-order valence-corrected chi connectivity index (χ0v) is 19.5. The van der Waals surface area contributed by atoms with Crippen molar-refractivity contribution in [2.24, 2.45) is 5.92 Å². The Morgan fingerprint density at radius 3 is 1.76 bits per heavy atom. The second-order valence-electron chi connectivity index (χ2n) is 7.41. The molecule has 0 N–H and O–H groups in total. The molecule has 1 nitrogen and oxygen atoms in total. The second kappa shape index (κ2) is 8.80. The summed E-state index contributed by atoms with van der Waals surface area (Å²) in [6.07, 6.45) is 2.14. The minimum atomic E-state index is -2.42. The molecule has 0 radical (unpaired) electrons. The van der Waals surface area contributed by atoms with Crippen LogP contribution in [0, 0.1) is 5.92 Å². The van der Waals surface area contributed by atoms with E-state index < -0.39 is 8.32 Å². The first-order valence-electron chi connectivity index (χ1n) is 8.55. The lowest BCUT2D eigenvalue weighted by Crippen LogP contribution is -2.66. The summed E-state index contributed by atoms with van der Waals surface area (Å²) >= 11 is 6.92. The second-order valence-corrected chi connectivity index (χ2v) is 14.5. The van der Waals surface area contributed by atoms with Crippen molar-refractivity contribution in [2.75, 3.05) is 6.61 Å². The van der Waals surface area contributed by atoms with Gasteiger partial charge in [0, 0.05) is 6.61 Å². The lowest BCUT2D eigenvalue weighted by molar-refractivity contribution is 0.268. The van der Waals surface area contributed by atoms with Crippen molar-refractivity contribution in [1.82, 2.24) is 0 Å². The molecular formula is C21H26Br2OSi. The van der Waals surface area contributed by atoms with Crippen molar-refractivity contribution < 1.29 is 4.43 Å². The number of benzene rings is 2. The molecule has 1 atom stereocenters. The standard InChI is InChI=1S/C21H26Br2OSi/c1-17(15-20(22)23)16-24-25(21(2,3)4,18-11-7-5-8-12-18)19-13-9-6-10-14-19/h5-15,17H,16H2,1-4H3/t17-/m0/s1. The molecule has 2 aromatic carbocycles. The normalized spacial score (nSPS) is 13.4. The molecule has 134 valence electrons. The predicted octanol–water partition coefficient (Wildman–Crippen LogP) is 5.83. The summed E-state index contributed by atoms with van der Waals surface area (Å²) in [7, 11) is -2.42. The fourth-order valence-corrected chi connectivity index (χ4v) is 8.85. The van der Waals surface area contributed by atoms with E-state index in [4.69, 9.17) is 4.43 Å². The Morgan fingerprint density at radius 2 is 1.40 bits per heavy atom. The molecule has 2 aromatic rings. The minimum Gasteiger partial charge on any atom is -0.407 e. The Labute approximate surface area is 169 Å². The van der Waals surface area contributed by atoms with E-state index in [1.165, 1.54) is 10.4 Å². The van der Waals surface area contributed by atoms with Gasteiger partial charge in [-0.1, -0.05) is 94.4 Å². The van der Waals surface area contributed by atoms with Gasteiger partial charge in [0.05, 0.1) is 3.39 Å². The number of rotatable bonds is 6. The smallest absolute Gasteiger partial charge is 0.261 e. The molecule has 2 rings (SSSR count). The Kier molecular flexibility index (Phi) is 7.26. The van der Waals surface area contributed by atoms with Crippen molar-refractivity contribution in [3.05, 3.63) is 70.1 Å². The van der Waals surface area contributed by atoms with Crippen LogP contribution in [0.2, 0.25) is 5.04 Å². The summed E-state index contributed by atoms with van der Waals surface area (Å²) in [4.78, 5) is 0. The van der Waals surface area contributed by atoms with E-state index in [0.29, 0.717) is 12.5 Å². The summed E-state index contributed by atoms with van der Waals surface area (Å²) in [6.45, 7) is 9.79. The fraction of sp³-hybridized carbons (Fsp3) is 0.333. The van der Waals surface area contributed by atoms with Crippen LogP contribution in [0.5, 0.6) is 0 Å². The molecule has 0 aliphatic rings. The molecule has 0 saturated carbocycles. The Morgan fingerprint density at radius 1 is 0.960 bits per heavy atom. The summed E-state index contributed by atoms with van der Waals surface area (Å²) in [5.74, 6) is 0.315. The number of halogens is 2. The first kappa shape index (κ1) is 20.6. The summed E-state index contributed by atoms with van der Waals surface area (Å²) in [5.41, 5.74) is 0. The van der Waals surface area contributed by atoms with Crippen LogP contribution in [0.25, 0.3) is 0 Å². The average molecular weight is 482 g/mol. The maximum absolute atomic E-state index is 6.88. The van der Waals surface area contributed by atoms with Crippen LogP contribution in [0.3, 0.4) is 0 Å². The van der Waals surface area contributed by atoms with Gasteiger partial charge in [-0.3, -0.25) is 0 Å². The molecule has 0 fully saturated rings. The predicted molar refractivity (Wildman–Crippen MR) is 119 cm³/mol. The van der Waals surface area contributed by atoms with E-state index in [2.05, 4.69) is 126 Å². The minimum absolute atomic E-state index is 0.0186. The topological polar surface area (TPSA) is 9.23 Å². The zero-order chi connectivity index (χ0) is 18.5. The molecule has 0 spiro atoms. The maximum atomic E-state index is 6.88. The molecule has 0 amide bonds. The molecule has 4 heteroatoms. The van der Waals surface area contributed by atoms with Gasteiger partial charge in [0.15, 0.2) is 0 Å². The Hall–Kier alpha value is -0.683. The maximum Gasteiger partial charge on any atom is 0.261 e. The van der Waals surface area contributed by atoms with E-state index >= 15 is 0 Å². The van der Waals surface area contributed by atoms with E-state index in [0.717, 1.165) is 3.39 Å². The molecule has 25 heavy (non-hydrogen) atoms. The van der Waals surface area contributed by atoms with E-state index in [9.17, 15) is 0 Å². The highest BCUT2D eigenvalue weighted by atomic mass is 79.9. The van der Waals surface area contributed by atoms with Gasteiger partial charge in [0.2, 0.25) is 0 Å². The Bertz CT molecular complexity index is 649. The van der Waals surface area contributed by atoms with Gasteiger partial charge in [-0.15, -0.1) is 0 Å². The highest BCUT2D eigenvalue weighted by Crippen LogP contribution is 2.37. The number of hydrogen-bond donors (Lipinski definition) is 0. The molecule has 0 aliphatic carbocycles. The van der Waals surface area contributed by atoms with Gasteiger partial charge in [-0.05, 0) is 53.2 Å². The van der Waals surface area contributed by atoms with E-state index in [-0.39, 0.29) is 5.04 Å². The molecule has 0 aromatic heterocycles. The van der Waals surface area contributed by atoms with Gasteiger partial charge in [-0.25, -0.2) is 0 Å². The van der Waals surface area contributed by atoms with Crippen molar-refractivity contribution in [3.63, 3.8) is 0 Å². The first-order valence-corrected chi connectivity index (χ1v) is 12.0. The largest absolute Gasteiger partial charge is 0.407 e. The third kappa shape index (κ3) is 4.94. The summed E-state index contributed by atoms with van der Waals surface area (Å²) in [6, 6.07) is 21.5. The third-order valence-corrected chi connectivity index (χ3v) is 9.92. The van der Waals surface area contributed by atoms with Crippen LogP contribution in [-0.4, -0.2) is 14.9 Å². The first-order chi connectivity index (χ1) is 11.8. The van der Waals surface area contributed by atoms with E-state index in [1.54, 1.807) is 0 Å². The summed E-state index contributed by atoms with van der Waals surface area (Å²) < 4.78 is 7.85. The molecule has 0 heterocycles. The Balaban J connectivity index is 2.55. The quantitative estimate of drug-likeness (QED) is 0.471. The van der Waals surface area contributed by atoms with Crippen molar-refractivity contribution >= 4 is 50.6 Å². The van der Waals surface area contributed by atoms with Gasteiger partial charge >= 0.3 is 0 Å². The van der Waals surface area contributed by atoms with Gasteiger partial charge in [0.25, 0.3) is 8.32 Å². The van der Waals surface area contributed by atoms with Crippen molar-refractivity contribution in [3.8, 4) is 0 Å². The molecule has 0 bridgehead atoms. The molecule has 0 unspecified atom stereocenters.